The molecule has 2 aromatic carbocycles. The molecule has 6 nitrogen and oxygen atoms in total. The van der Waals surface area contributed by atoms with E-state index in [4.69, 9.17) is 25.8 Å². The first-order valence-electron chi connectivity index (χ1n) is 7.96. The number of hydrogen-bond acceptors (Lipinski definition) is 5. The molecule has 0 aliphatic rings. The van der Waals surface area contributed by atoms with E-state index in [2.05, 4.69) is 10.6 Å². The zero-order valence-electron chi connectivity index (χ0n) is 15.0. The largest absolute Gasteiger partial charge is 0.497 e. The van der Waals surface area contributed by atoms with Crippen molar-refractivity contribution in [1.82, 2.24) is 0 Å². The fourth-order valence-corrected chi connectivity index (χ4v) is 2.36. The number of nitrogens with one attached hydrogen (secondary N) is 2. The van der Waals surface area contributed by atoms with E-state index < -0.39 is 18.7 Å². The fourth-order valence-electron chi connectivity index (χ4n) is 2.19. The number of anilines is 2. The van der Waals surface area contributed by atoms with Crippen LogP contribution in [0.1, 0.15) is 0 Å². The number of carbonyl (C=O) groups excluding carboxylic acids is 1. The Morgan fingerprint density at radius 1 is 1.07 bits per heavy atom. The van der Waals surface area contributed by atoms with E-state index in [0.29, 0.717) is 17.2 Å². The highest BCUT2D eigenvalue weighted by molar-refractivity contribution is 6.30. The summed E-state index contributed by atoms with van der Waals surface area (Å²) >= 11 is 5.87. The summed E-state index contributed by atoms with van der Waals surface area (Å²) in [6.07, 6.45) is -4.49. The van der Waals surface area contributed by atoms with Gasteiger partial charge in [0.05, 0.1) is 26.5 Å². The van der Waals surface area contributed by atoms with Gasteiger partial charge in [0.2, 0.25) is 5.91 Å². The number of rotatable bonds is 8. The van der Waals surface area contributed by atoms with Gasteiger partial charge < -0.3 is 24.8 Å². The molecule has 10 heteroatoms. The summed E-state index contributed by atoms with van der Waals surface area (Å²) in [6, 6.07) is 8.89. The second kappa shape index (κ2) is 9.41. The summed E-state index contributed by atoms with van der Waals surface area (Å²) in [5.74, 6) is 0.454. The molecular weight excluding hydrogens is 401 g/mol. The lowest BCUT2D eigenvalue weighted by Gasteiger charge is -2.15. The first kappa shape index (κ1) is 21.5. The van der Waals surface area contributed by atoms with Crippen LogP contribution in [0.15, 0.2) is 36.4 Å². The van der Waals surface area contributed by atoms with Crippen molar-refractivity contribution in [2.45, 2.75) is 6.18 Å². The lowest BCUT2D eigenvalue weighted by atomic mass is 10.2. The van der Waals surface area contributed by atoms with Gasteiger partial charge in [-0.1, -0.05) is 11.6 Å². The molecule has 2 aromatic rings. The molecule has 2 rings (SSSR count). The molecule has 0 spiro atoms. The molecule has 0 unspecified atom stereocenters. The molecule has 0 bridgehead atoms. The molecule has 0 atom stereocenters. The Balaban J connectivity index is 2.03. The molecule has 0 aromatic heterocycles. The SMILES string of the molecule is COc1cc(NC(=O)CNc2cc(Cl)ccc2OCC(F)(F)F)cc(OC)c1. The normalized spacial score (nSPS) is 10.9. The molecule has 0 radical (unpaired) electrons. The average Bonchev–Trinajstić information content (AvgIpc) is 2.64. The number of amides is 1. The Bertz CT molecular complexity index is 809. The topological polar surface area (TPSA) is 68.8 Å². The molecule has 0 aliphatic carbocycles. The number of halogens is 4. The number of carbonyl (C=O) groups is 1. The average molecular weight is 419 g/mol. The summed E-state index contributed by atoms with van der Waals surface area (Å²) in [7, 11) is 2.95. The zero-order valence-corrected chi connectivity index (χ0v) is 15.8. The minimum Gasteiger partial charge on any atom is -0.497 e. The quantitative estimate of drug-likeness (QED) is 0.667. The summed E-state index contributed by atoms with van der Waals surface area (Å²) in [5, 5.41) is 5.63. The first-order valence-corrected chi connectivity index (χ1v) is 8.34. The van der Waals surface area contributed by atoms with Crippen LogP contribution in [-0.4, -0.2) is 39.5 Å². The van der Waals surface area contributed by atoms with Gasteiger partial charge in [-0.2, -0.15) is 13.2 Å². The van der Waals surface area contributed by atoms with Crippen molar-refractivity contribution >= 4 is 28.9 Å². The molecule has 0 aliphatic heterocycles. The standard InChI is InChI=1S/C18H18ClF3N2O4/c1-26-13-6-12(7-14(8-13)27-2)24-17(25)9-23-15-5-11(19)3-4-16(15)28-10-18(20,21)22/h3-8,23H,9-10H2,1-2H3,(H,24,25). The van der Waals surface area contributed by atoms with Crippen LogP contribution in [0.3, 0.4) is 0 Å². The van der Waals surface area contributed by atoms with Gasteiger partial charge in [0.25, 0.3) is 0 Å². The smallest absolute Gasteiger partial charge is 0.422 e. The molecule has 0 saturated carbocycles. The van der Waals surface area contributed by atoms with Gasteiger partial charge in [-0.05, 0) is 18.2 Å². The number of hydrogen-bond donors (Lipinski definition) is 2. The molecule has 28 heavy (non-hydrogen) atoms. The monoisotopic (exact) mass is 418 g/mol. The minimum atomic E-state index is -4.49. The van der Waals surface area contributed by atoms with Crippen molar-refractivity contribution in [3.63, 3.8) is 0 Å². The van der Waals surface area contributed by atoms with Gasteiger partial charge in [-0.15, -0.1) is 0 Å². The number of alkyl halides is 3. The van der Waals surface area contributed by atoms with Crippen LogP contribution in [0.25, 0.3) is 0 Å². The van der Waals surface area contributed by atoms with Crippen molar-refractivity contribution in [2.75, 3.05) is 38.0 Å². The van der Waals surface area contributed by atoms with Crippen molar-refractivity contribution in [2.24, 2.45) is 0 Å². The van der Waals surface area contributed by atoms with Crippen molar-refractivity contribution in [1.29, 1.82) is 0 Å². The lowest BCUT2D eigenvalue weighted by molar-refractivity contribution is -0.153. The zero-order chi connectivity index (χ0) is 20.7. The number of methoxy groups -OCH3 is 2. The molecule has 1 amide bonds. The molecule has 0 saturated heterocycles. The van der Waals surface area contributed by atoms with Crippen molar-refractivity contribution in [3.05, 3.63) is 41.4 Å². The maximum Gasteiger partial charge on any atom is 0.422 e. The van der Waals surface area contributed by atoms with Crippen LogP contribution in [0.2, 0.25) is 5.02 Å². The van der Waals surface area contributed by atoms with E-state index in [-0.39, 0.29) is 23.0 Å². The van der Waals surface area contributed by atoms with E-state index in [1.54, 1.807) is 18.2 Å². The summed E-state index contributed by atoms with van der Waals surface area (Å²) in [6.45, 7) is -1.69. The van der Waals surface area contributed by atoms with Crippen LogP contribution in [0, 0.1) is 0 Å². The minimum absolute atomic E-state index is 0.0717. The summed E-state index contributed by atoms with van der Waals surface area (Å²) in [5.41, 5.74) is 0.595. The molecule has 2 N–H and O–H groups in total. The van der Waals surface area contributed by atoms with E-state index in [9.17, 15) is 18.0 Å². The third-order valence-corrected chi connectivity index (χ3v) is 3.64. The van der Waals surface area contributed by atoms with Crippen LogP contribution in [0.4, 0.5) is 24.5 Å². The van der Waals surface area contributed by atoms with Crippen molar-refractivity contribution in [3.8, 4) is 17.2 Å². The summed E-state index contributed by atoms with van der Waals surface area (Å²) in [4.78, 5) is 12.2. The predicted octanol–water partition coefficient (Wildman–Crippen LogP) is 4.35. The van der Waals surface area contributed by atoms with Crippen LogP contribution >= 0.6 is 11.6 Å². The molecule has 152 valence electrons. The Morgan fingerprint density at radius 2 is 1.71 bits per heavy atom. The van der Waals surface area contributed by atoms with Gasteiger partial charge in [0.1, 0.15) is 17.2 Å². The lowest BCUT2D eigenvalue weighted by Crippen LogP contribution is -2.23. The second-order valence-corrected chi connectivity index (χ2v) is 5.98. The fraction of sp³-hybridized carbons (Fsp3) is 0.278. The second-order valence-electron chi connectivity index (χ2n) is 5.55. The Kier molecular flexibility index (Phi) is 7.22. The predicted molar refractivity (Wildman–Crippen MR) is 99.7 cm³/mol. The Morgan fingerprint density at radius 3 is 2.29 bits per heavy atom. The van der Waals surface area contributed by atoms with E-state index in [1.807, 2.05) is 0 Å². The highest BCUT2D eigenvalue weighted by Gasteiger charge is 2.28. The molecule has 0 heterocycles. The van der Waals surface area contributed by atoms with Crippen LogP contribution in [-0.2, 0) is 4.79 Å². The van der Waals surface area contributed by atoms with Gasteiger partial charge in [-0.25, -0.2) is 0 Å². The van der Waals surface area contributed by atoms with Gasteiger partial charge >= 0.3 is 6.18 Å². The highest BCUT2D eigenvalue weighted by atomic mass is 35.5. The summed E-state index contributed by atoms with van der Waals surface area (Å²) < 4.78 is 52.1. The van der Waals surface area contributed by atoms with Gasteiger partial charge in [0, 0.05) is 28.9 Å². The van der Waals surface area contributed by atoms with Gasteiger partial charge in [0.15, 0.2) is 6.61 Å². The first-order chi connectivity index (χ1) is 13.2. The number of benzene rings is 2. The third kappa shape index (κ3) is 6.73. The van der Waals surface area contributed by atoms with Crippen LogP contribution < -0.4 is 24.8 Å². The molecule has 0 fully saturated rings. The highest BCUT2D eigenvalue weighted by Crippen LogP contribution is 2.30. The third-order valence-electron chi connectivity index (χ3n) is 3.41. The Labute approximate surface area is 164 Å². The maximum absolute atomic E-state index is 12.4. The van der Waals surface area contributed by atoms with Crippen LogP contribution in [0.5, 0.6) is 17.2 Å². The molecular formula is C18H18ClF3N2O4. The maximum atomic E-state index is 12.4. The number of ether oxygens (including phenoxy) is 3. The Hall–Kier alpha value is -2.81. The van der Waals surface area contributed by atoms with Crippen molar-refractivity contribution < 1.29 is 32.2 Å². The van der Waals surface area contributed by atoms with E-state index >= 15 is 0 Å². The van der Waals surface area contributed by atoms with E-state index in [0.717, 1.165) is 0 Å². The van der Waals surface area contributed by atoms with E-state index in [1.165, 1.54) is 32.4 Å². The van der Waals surface area contributed by atoms with Gasteiger partial charge in [-0.3, -0.25) is 4.79 Å².